The van der Waals surface area contributed by atoms with Crippen molar-refractivity contribution < 1.29 is 27.4 Å². The Morgan fingerprint density at radius 1 is 1.17 bits per heavy atom. The molecule has 0 bridgehead atoms. The first-order chi connectivity index (χ1) is 14.5. The van der Waals surface area contributed by atoms with Gasteiger partial charge in [0.25, 0.3) is 0 Å². The smallest absolute Gasteiger partial charge is 0.226 e. The van der Waals surface area contributed by atoms with Crippen LogP contribution >= 0.6 is 0 Å². The summed E-state index contributed by atoms with van der Waals surface area (Å²) >= 11 is 0. The van der Waals surface area contributed by atoms with Gasteiger partial charge in [-0.15, -0.1) is 0 Å². The molecule has 1 aromatic carbocycles. The highest BCUT2D eigenvalue weighted by molar-refractivity contribution is 5.92. The van der Waals surface area contributed by atoms with Crippen molar-refractivity contribution in [2.24, 2.45) is 0 Å². The average Bonchev–Trinajstić information content (AvgIpc) is 3.13. The SMILES string of the molecule is COCCOc1c(NC(=O)CCc2cc(F)c(F)c(F)c2)n[nH]c1-c1ccnnc1. The number of H-pyrrole nitrogens is 1. The molecule has 1 amide bonds. The van der Waals surface area contributed by atoms with E-state index in [0.717, 1.165) is 12.1 Å². The zero-order valence-electron chi connectivity index (χ0n) is 15.9. The molecule has 0 saturated carbocycles. The molecule has 3 aromatic rings. The van der Waals surface area contributed by atoms with Gasteiger partial charge in [0.2, 0.25) is 5.91 Å². The number of aromatic amines is 1. The highest BCUT2D eigenvalue weighted by atomic mass is 19.2. The minimum Gasteiger partial charge on any atom is -0.485 e. The number of benzene rings is 1. The molecule has 30 heavy (non-hydrogen) atoms. The molecule has 0 aliphatic rings. The van der Waals surface area contributed by atoms with Crippen LogP contribution in [-0.4, -0.2) is 46.6 Å². The van der Waals surface area contributed by atoms with Crippen molar-refractivity contribution in [1.82, 2.24) is 20.4 Å². The van der Waals surface area contributed by atoms with Gasteiger partial charge in [0.05, 0.1) is 19.0 Å². The van der Waals surface area contributed by atoms with Crippen LogP contribution in [-0.2, 0) is 16.0 Å². The molecule has 0 atom stereocenters. The Balaban J connectivity index is 1.72. The van der Waals surface area contributed by atoms with Crippen LogP contribution < -0.4 is 10.1 Å². The van der Waals surface area contributed by atoms with E-state index in [0.29, 0.717) is 17.9 Å². The fourth-order valence-electron chi connectivity index (χ4n) is 2.62. The summed E-state index contributed by atoms with van der Waals surface area (Å²) in [5, 5.41) is 16.9. The Labute approximate surface area is 169 Å². The van der Waals surface area contributed by atoms with Crippen LogP contribution in [0.5, 0.6) is 5.75 Å². The molecular weight excluding hydrogens is 403 g/mol. The van der Waals surface area contributed by atoms with Crippen molar-refractivity contribution in [3.05, 3.63) is 53.6 Å². The maximum atomic E-state index is 13.3. The lowest BCUT2D eigenvalue weighted by atomic mass is 10.1. The summed E-state index contributed by atoms with van der Waals surface area (Å²) in [5.74, 6) is -4.20. The number of hydrogen-bond donors (Lipinski definition) is 2. The van der Waals surface area contributed by atoms with E-state index < -0.39 is 23.4 Å². The van der Waals surface area contributed by atoms with Crippen molar-refractivity contribution in [1.29, 1.82) is 0 Å². The van der Waals surface area contributed by atoms with Gasteiger partial charge in [0, 0.05) is 19.1 Å². The second kappa shape index (κ2) is 9.83. The van der Waals surface area contributed by atoms with Crippen LogP contribution in [0.3, 0.4) is 0 Å². The third-order valence-corrected chi connectivity index (χ3v) is 4.07. The van der Waals surface area contributed by atoms with Gasteiger partial charge in [-0.1, -0.05) is 0 Å². The summed E-state index contributed by atoms with van der Waals surface area (Å²) < 4.78 is 50.3. The van der Waals surface area contributed by atoms with E-state index in [1.54, 1.807) is 6.07 Å². The van der Waals surface area contributed by atoms with Crippen LogP contribution in [0, 0.1) is 17.5 Å². The Bertz CT molecular complexity index is 991. The number of methoxy groups -OCH3 is 1. The van der Waals surface area contributed by atoms with Crippen LogP contribution in [0.1, 0.15) is 12.0 Å². The third kappa shape index (κ3) is 5.11. The number of halogens is 3. The lowest BCUT2D eigenvalue weighted by Gasteiger charge is -2.09. The standard InChI is InChI=1S/C19H18F3N5O3/c1-29-6-7-30-18-17(12-4-5-23-24-10-12)26-27-19(18)25-15(28)3-2-11-8-13(20)16(22)14(21)9-11/h4-5,8-10H,2-3,6-7H2,1H3,(H2,25,26,27,28). The van der Waals surface area contributed by atoms with Crippen molar-refractivity contribution in [3.8, 4) is 17.0 Å². The predicted molar refractivity (Wildman–Crippen MR) is 100 cm³/mol. The molecule has 158 valence electrons. The fourth-order valence-corrected chi connectivity index (χ4v) is 2.62. The van der Waals surface area contributed by atoms with Gasteiger partial charge in [-0.05, 0) is 30.2 Å². The van der Waals surface area contributed by atoms with Gasteiger partial charge in [0.15, 0.2) is 29.0 Å². The summed E-state index contributed by atoms with van der Waals surface area (Å²) in [6.07, 6.45) is 2.89. The number of aryl methyl sites for hydroxylation is 1. The van der Waals surface area contributed by atoms with E-state index in [1.807, 2.05) is 0 Å². The zero-order valence-corrected chi connectivity index (χ0v) is 15.9. The second-order valence-electron chi connectivity index (χ2n) is 6.17. The Morgan fingerprint density at radius 2 is 1.93 bits per heavy atom. The number of amides is 1. The topological polar surface area (TPSA) is 102 Å². The number of carbonyl (C=O) groups is 1. The first-order valence-electron chi connectivity index (χ1n) is 8.90. The number of carbonyl (C=O) groups excluding carboxylic acids is 1. The minimum absolute atomic E-state index is 0.00533. The third-order valence-electron chi connectivity index (χ3n) is 4.07. The van der Waals surface area contributed by atoms with Crippen molar-refractivity contribution in [2.45, 2.75) is 12.8 Å². The summed E-state index contributed by atoms with van der Waals surface area (Å²) in [4.78, 5) is 12.3. The quantitative estimate of drug-likeness (QED) is 0.407. The number of hydrogen-bond acceptors (Lipinski definition) is 6. The molecule has 2 aromatic heterocycles. The summed E-state index contributed by atoms with van der Waals surface area (Å²) in [7, 11) is 1.52. The highest BCUT2D eigenvalue weighted by Gasteiger charge is 2.19. The monoisotopic (exact) mass is 421 g/mol. The second-order valence-corrected chi connectivity index (χ2v) is 6.17. The lowest BCUT2D eigenvalue weighted by Crippen LogP contribution is -2.14. The van der Waals surface area contributed by atoms with E-state index in [4.69, 9.17) is 9.47 Å². The van der Waals surface area contributed by atoms with E-state index in [1.165, 1.54) is 19.5 Å². The van der Waals surface area contributed by atoms with Gasteiger partial charge < -0.3 is 14.8 Å². The van der Waals surface area contributed by atoms with E-state index in [2.05, 4.69) is 25.7 Å². The number of nitrogens with one attached hydrogen (secondary N) is 2. The van der Waals surface area contributed by atoms with Crippen LogP contribution in [0.15, 0.2) is 30.6 Å². The van der Waals surface area contributed by atoms with Crippen molar-refractivity contribution >= 4 is 11.7 Å². The largest absolute Gasteiger partial charge is 0.485 e. The molecule has 2 N–H and O–H groups in total. The predicted octanol–water partition coefficient (Wildman–Crippen LogP) is 2.88. The van der Waals surface area contributed by atoms with Gasteiger partial charge in [-0.3, -0.25) is 9.89 Å². The first kappa shape index (κ1) is 21.2. The molecule has 0 fully saturated rings. The number of ether oxygens (including phenoxy) is 2. The molecule has 0 aliphatic heterocycles. The number of anilines is 1. The number of aromatic nitrogens is 4. The highest BCUT2D eigenvalue weighted by Crippen LogP contribution is 2.34. The molecule has 2 heterocycles. The summed E-state index contributed by atoms with van der Waals surface area (Å²) in [5.41, 5.74) is 1.28. The maximum Gasteiger partial charge on any atom is 0.226 e. The Hall–Kier alpha value is -3.47. The van der Waals surface area contributed by atoms with E-state index in [9.17, 15) is 18.0 Å². The average molecular weight is 421 g/mol. The molecule has 8 nitrogen and oxygen atoms in total. The normalized spacial score (nSPS) is 10.8. The lowest BCUT2D eigenvalue weighted by molar-refractivity contribution is -0.116. The van der Waals surface area contributed by atoms with Crippen molar-refractivity contribution in [3.63, 3.8) is 0 Å². The zero-order chi connectivity index (χ0) is 21.5. The molecule has 0 saturated heterocycles. The van der Waals surface area contributed by atoms with Gasteiger partial charge >= 0.3 is 0 Å². The molecule has 0 aliphatic carbocycles. The molecule has 11 heteroatoms. The molecular formula is C19H18F3N5O3. The van der Waals surface area contributed by atoms with Crippen LogP contribution in [0.2, 0.25) is 0 Å². The van der Waals surface area contributed by atoms with Crippen LogP contribution in [0.4, 0.5) is 19.0 Å². The fraction of sp³-hybridized carbons (Fsp3) is 0.263. The van der Waals surface area contributed by atoms with Gasteiger partial charge in [-0.25, -0.2) is 13.2 Å². The van der Waals surface area contributed by atoms with Crippen LogP contribution in [0.25, 0.3) is 11.3 Å². The van der Waals surface area contributed by atoms with Gasteiger partial charge in [-0.2, -0.15) is 15.3 Å². The Kier molecular flexibility index (Phi) is 6.96. The number of nitrogens with zero attached hydrogens (tertiary/aromatic N) is 3. The van der Waals surface area contributed by atoms with Gasteiger partial charge in [0.1, 0.15) is 12.3 Å². The van der Waals surface area contributed by atoms with E-state index in [-0.39, 0.29) is 36.6 Å². The first-order valence-corrected chi connectivity index (χ1v) is 8.90. The molecule has 3 rings (SSSR count). The molecule has 0 radical (unpaired) electrons. The number of rotatable bonds is 9. The Morgan fingerprint density at radius 3 is 2.60 bits per heavy atom. The maximum absolute atomic E-state index is 13.3. The molecule has 0 unspecified atom stereocenters. The van der Waals surface area contributed by atoms with Crippen molar-refractivity contribution in [2.75, 3.05) is 25.6 Å². The summed E-state index contributed by atoms with van der Waals surface area (Å²) in [6.45, 7) is 0.521. The van der Waals surface area contributed by atoms with E-state index >= 15 is 0 Å². The molecule has 0 spiro atoms. The minimum atomic E-state index is -1.55. The summed E-state index contributed by atoms with van der Waals surface area (Å²) in [6, 6.07) is 3.40.